The van der Waals surface area contributed by atoms with Gasteiger partial charge in [-0.1, -0.05) is 19.9 Å². The number of alkyl halides is 3. The maximum Gasteiger partial charge on any atom is 0.449 e. The van der Waals surface area contributed by atoms with E-state index in [1.165, 1.54) is 18.2 Å². The third kappa shape index (κ3) is 2.59. The van der Waals surface area contributed by atoms with E-state index in [0.29, 0.717) is 12.8 Å². The number of para-hydroxylation sites is 1. The zero-order valence-electron chi connectivity index (χ0n) is 11.6. The van der Waals surface area contributed by atoms with Crippen LogP contribution < -0.4 is 0 Å². The summed E-state index contributed by atoms with van der Waals surface area (Å²) in [5.41, 5.74) is -0.0810. The molecule has 0 aliphatic rings. The Morgan fingerprint density at radius 3 is 2.43 bits per heavy atom. The summed E-state index contributed by atoms with van der Waals surface area (Å²) in [6, 6.07) is 3.64. The van der Waals surface area contributed by atoms with Crippen molar-refractivity contribution in [1.82, 2.24) is 9.55 Å². The van der Waals surface area contributed by atoms with E-state index in [1.54, 1.807) is 13.8 Å². The van der Waals surface area contributed by atoms with Crippen molar-refractivity contribution < 1.29 is 23.1 Å². The molecule has 0 atom stereocenters. The van der Waals surface area contributed by atoms with Gasteiger partial charge in [-0.3, -0.25) is 0 Å². The van der Waals surface area contributed by atoms with Gasteiger partial charge >= 0.3 is 12.1 Å². The van der Waals surface area contributed by atoms with Gasteiger partial charge in [0.1, 0.15) is 0 Å². The molecular formula is C14H15F3N2O2. The van der Waals surface area contributed by atoms with Crippen molar-refractivity contribution in [3.63, 3.8) is 0 Å². The highest BCUT2D eigenvalue weighted by atomic mass is 19.4. The average molecular weight is 300 g/mol. The highest BCUT2D eigenvalue weighted by Gasteiger charge is 2.39. The van der Waals surface area contributed by atoms with Crippen LogP contribution in [0.1, 0.15) is 48.9 Å². The van der Waals surface area contributed by atoms with Gasteiger partial charge in [-0.15, -0.1) is 0 Å². The fraction of sp³-hybridized carbons (Fsp3) is 0.429. The molecule has 0 spiro atoms. The molecule has 0 unspecified atom stereocenters. The molecule has 0 bridgehead atoms. The van der Waals surface area contributed by atoms with Gasteiger partial charge in [0.15, 0.2) is 0 Å². The number of benzene rings is 1. The van der Waals surface area contributed by atoms with Gasteiger partial charge in [0, 0.05) is 6.04 Å². The average Bonchev–Trinajstić information content (AvgIpc) is 2.80. The molecule has 2 aromatic rings. The van der Waals surface area contributed by atoms with Gasteiger partial charge in [0.05, 0.1) is 16.6 Å². The molecule has 1 aromatic carbocycles. The lowest BCUT2D eigenvalue weighted by Gasteiger charge is -2.20. The van der Waals surface area contributed by atoms with Crippen LogP contribution in [0.3, 0.4) is 0 Å². The second-order valence-corrected chi connectivity index (χ2v) is 4.75. The second-order valence-electron chi connectivity index (χ2n) is 4.75. The summed E-state index contributed by atoms with van der Waals surface area (Å²) in [5, 5.41) is 9.22. The maximum atomic E-state index is 13.2. The monoisotopic (exact) mass is 300 g/mol. The number of hydrogen-bond donors (Lipinski definition) is 1. The van der Waals surface area contributed by atoms with Crippen molar-refractivity contribution in [3.8, 4) is 0 Å². The standard InChI is InChI=1S/C14H15F3N2O2/c1-3-8(4-2)19-11-9(12(20)21)6-5-7-10(11)18-13(19)14(15,16)17/h5-8H,3-4H2,1-2H3,(H,20,21). The molecule has 0 fully saturated rings. The number of nitrogens with zero attached hydrogens (tertiary/aromatic N) is 2. The lowest BCUT2D eigenvalue weighted by atomic mass is 10.1. The summed E-state index contributed by atoms with van der Waals surface area (Å²) in [6.07, 6.45) is -3.71. The SMILES string of the molecule is CCC(CC)n1c(C(F)(F)F)nc2cccc(C(=O)O)c21. The normalized spacial score (nSPS) is 12.3. The van der Waals surface area contributed by atoms with Crippen LogP contribution in [0, 0.1) is 0 Å². The number of rotatable bonds is 4. The smallest absolute Gasteiger partial charge is 0.449 e. The van der Waals surface area contributed by atoms with Crippen molar-refractivity contribution in [2.24, 2.45) is 0 Å². The van der Waals surface area contributed by atoms with E-state index in [9.17, 15) is 23.1 Å². The summed E-state index contributed by atoms with van der Waals surface area (Å²) in [6.45, 7) is 3.53. The van der Waals surface area contributed by atoms with Crippen LogP contribution in [0.2, 0.25) is 0 Å². The van der Waals surface area contributed by atoms with Crippen molar-refractivity contribution in [2.45, 2.75) is 38.9 Å². The first-order chi connectivity index (χ1) is 9.81. The lowest BCUT2D eigenvalue weighted by Crippen LogP contribution is -2.19. The number of halogens is 3. The molecule has 1 heterocycles. The summed E-state index contributed by atoms with van der Waals surface area (Å²) < 4.78 is 40.7. The summed E-state index contributed by atoms with van der Waals surface area (Å²) in [5.74, 6) is -2.30. The number of imidazole rings is 1. The van der Waals surface area contributed by atoms with Gasteiger partial charge in [0.2, 0.25) is 5.82 Å². The summed E-state index contributed by atoms with van der Waals surface area (Å²) in [4.78, 5) is 14.9. The zero-order chi connectivity index (χ0) is 15.8. The molecule has 0 aliphatic carbocycles. The number of aromatic carboxylic acids is 1. The largest absolute Gasteiger partial charge is 0.478 e. The highest BCUT2D eigenvalue weighted by Crippen LogP contribution is 2.36. The van der Waals surface area contributed by atoms with E-state index in [4.69, 9.17) is 0 Å². The number of fused-ring (bicyclic) bond motifs is 1. The molecule has 1 aromatic heterocycles. The van der Waals surface area contributed by atoms with E-state index in [2.05, 4.69) is 4.98 Å². The van der Waals surface area contributed by atoms with E-state index in [0.717, 1.165) is 4.57 Å². The number of carboxylic acids is 1. The Bertz CT molecular complexity index is 673. The topological polar surface area (TPSA) is 55.1 Å². The first kappa shape index (κ1) is 15.3. The van der Waals surface area contributed by atoms with E-state index in [1.807, 2.05) is 0 Å². The molecule has 4 nitrogen and oxygen atoms in total. The van der Waals surface area contributed by atoms with Crippen LogP contribution in [-0.2, 0) is 6.18 Å². The molecule has 7 heteroatoms. The minimum atomic E-state index is -4.63. The highest BCUT2D eigenvalue weighted by molar-refractivity contribution is 6.01. The molecule has 2 rings (SSSR count). The molecule has 0 saturated heterocycles. The van der Waals surface area contributed by atoms with Gasteiger partial charge in [0.25, 0.3) is 0 Å². The minimum Gasteiger partial charge on any atom is -0.478 e. The van der Waals surface area contributed by atoms with Crippen molar-refractivity contribution in [3.05, 3.63) is 29.6 Å². The molecule has 0 amide bonds. The summed E-state index contributed by atoms with van der Waals surface area (Å²) in [7, 11) is 0. The predicted octanol–water partition coefficient (Wildman–Crippen LogP) is 4.11. The number of aromatic nitrogens is 2. The number of carbonyl (C=O) groups is 1. The Balaban J connectivity index is 2.89. The first-order valence-electron chi connectivity index (χ1n) is 6.62. The minimum absolute atomic E-state index is 0.0334. The van der Waals surface area contributed by atoms with Gasteiger partial charge in [-0.05, 0) is 25.0 Å². The van der Waals surface area contributed by atoms with Crippen LogP contribution in [0.15, 0.2) is 18.2 Å². The molecule has 0 aliphatic heterocycles. The van der Waals surface area contributed by atoms with Crippen LogP contribution in [-0.4, -0.2) is 20.6 Å². The second kappa shape index (κ2) is 5.38. The fourth-order valence-electron chi connectivity index (χ4n) is 2.53. The van der Waals surface area contributed by atoms with Crippen molar-refractivity contribution >= 4 is 17.0 Å². The van der Waals surface area contributed by atoms with Crippen LogP contribution in [0.4, 0.5) is 13.2 Å². The van der Waals surface area contributed by atoms with E-state index >= 15 is 0 Å². The van der Waals surface area contributed by atoms with Gasteiger partial charge < -0.3 is 9.67 Å². The van der Waals surface area contributed by atoms with Crippen molar-refractivity contribution in [1.29, 1.82) is 0 Å². The fourth-order valence-corrected chi connectivity index (χ4v) is 2.53. The van der Waals surface area contributed by atoms with Gasteiger partial charge in [-0.25, -0.2) is 9.78 Å². The molecule has 114 valence electrons. The van der Waals surface area contributed by atoms with Crippen LogP contribution in [0.5, 0.6) is 0 Å². The maximum absolute atomic E-state index is 13.2. The molecule has 0 saturated carbocycles. The Kier molecular flexibility index (Phi) is 3.93. The number of carboxylic acid groups (broad SMARTS) is 1. The van der Waals surface area contributed by atoms with E-state index < -0.39 is 24.0 Å². The third-order valence-electron chi connectivity index (χ3n) is 3.50. The van der Waals surface area contributed by atoms with Crippen molar-refractivity contribution in [2.75, 3.05) is 0 Å². The predicted molar refractivity (Wildman–Crippen MR) is 71.3 cm³/mol. The van der Waals surface area contributed by atoms with E-state index in [-0.39, 0.29) is 16.6 Å². The van der Waals surface area contributed by atoms with Crippen LogP contribution in [0.25, 0.3) is 11.0 Å². The lowest BCUT2D eigenvalue weighted by molar-refractivity contribution is -0.147. The Labute approximate surface area is 119 Å². The van der Waals surface area contributed by atoms with Gasteiger partial charge in [-0.2, -0.15) is 13.2 Å². The quantitative estimate of drug-likeness (QED) is 0.924. The molecular weight excluding hydrogens is 285 g/mol. The summed E-state index contributed by atoms with van der Waals surface area (Å²) >= 11 is 0. The number of hydrogen-bond acceptors (Lipinski definition) is 2. The van der Waals surface area contributed by atoms with Crippen LogP contribution >= 0.6 is 0 Å². The Morgan fingerprint density at radius 2 is 1.95 bits per heavy atom. The molecule has 21 heavy (non-hydrogen) atoms. The molecule has 1 N–H and O–H groups in total. The molecule has 0 radical (unpaired) electrons. The third-order valence-corrected chi connectivity index (χ3v) is 3.50. The first-order valence-corrected chi connectivity index (χ1v) is 6.62. The Morgan fingerprint density at radius 1 is 1.33 bits per heavy atom. The zero-order valence-corrected chi connectivity index (χ0v) is 11.6. The Hall–Kier alpha value is -2.05.